The summed E-state index contributed by atoms with van der Waals surface area (Å²) >= 11 is 0. The zero-order valence-electron chi connectivity index (χ0n) is 8.50. The van der Waals surface area contributed by atoms with E-state index in [0.29, 0.717) is 18.9 Å². The predicted octanol–water partition coefficient (Wildman–Crippen LogP) is 0.540. The van der Waals surface area contributed by atoms with Crippen LogP contribution in [0.25, 0.3) is 0 Å². The smallest absolute Gasteiger partial charge is 0.246 e. The maximum Gasteiger partial charge on any atom is 0.246 e. The monoisotopic (exact) mass is 198 g/mol. The van der Waals surface area contributed by atoms with Gasteiger partial charge in [-0.05, 0) is 38.3 Å². The predicted molar refractivity (Wildman–Crippen MR) is 52.5 cm³/mol. The van der Waals surface area contributed by atoms with E-state index in [-0.39, 0.29) is 5.91 Å². The van der Waals surface area contributed by atoms with E-state index in [1.165, 1.54) is 0 Å². The third-order valence-electron chi connectivity index (χ3n) is 2.95. The van der Waals surface area contributed by atoms with E-state index in [1.54, 1.807) is 5.06 Å². The van der Waals surface area contributed by atoms with Crippen LogP contribution in [0, 0.1) is 5.92 Å². The summed E-state index contributed by atoms with van der Waals surface area (Å²) in [6, 6.07) is 0. The molecule has 14 heavy (non-hydrogen) atoms. The number of carbonyl (C=O) groups is 1. The van der Waals surface area contributed by atoms with Crippen molar-refractivity contribution in [2.45, 2.75) is 25.7 Å². The molecule has 0 radical (unpaired) electrons. The van der Waals surface area contributed by atoms with E-state index < -0.39 is 0 Å². The molecule has 80 valence electrons. The minimum atomic E-state index is 0.175. The Bertz CT molecular complexity index is 196. The Labute approximate surface area is 84.6 Å². The summed E-state index contributed by atoms with van der Waals surface area (Å²) in [5.41, 5.74) is 0. The quantitative estimate of drug-likeness (QED) is 0.704. The van der Waals surface area contributed by atoms with Gasteiger partial charge < -0.3 is 5.32 Å². The molecule has 4 nitrogen and oxygen atoms in total. The molecule has 1 N–H and O–H groups in total. The second kappa shape index (κ2) is 4.75. The van der Waals surface area contributed by atoms with Crippen molar-refractivity contribution in [3.63, 3.8) is 0 Å². The van der Waals surface area contributed by atoms with Crippen molar-refractivity contribution in [1.82, 2.24) is 10.4 Å². The summed E-state index contributed by atoms with van der Waals surface area (Å²) in [7, 11) is 0. The first-order valence-corrected chi connectivity index (χ1v) is 5.50. The first-order chi connectivity index (χ1) is 6.86. The summed E-state index contributed by atoms with van der Waals surface area (Å²) in [6.45, 7) is 3.60. The summed E-state index contributed by atoms with van der Waals surface area (Å²) in [4.78, 5) is 16.9. The van der Waals surface area contributed by atoms with Crippen LogP contribution < -0.4 is 5.32 Å². The van der Waals surface area contributed by atoms with Crippen molar-refractivity contribution in [2.24, 2.45) is 5.92 Å². The van der Waals surface area contributed by atoms with Gasteiger partial charge in [-0.2, -0.15) is 0 Å². The highest BCUT2D eigenvalue weighted by molar-refractivity contribution is 5.75. The number of amides is 1. The highest BCUT2D eigenvalue weighted by Crippen LogP contribution is 2.18. The summed E-state index contributed by atoms with van der Waals surface area (Å²) in [5.74, 6) is 0.738. The number of hydroxylamine groups is 2. The third kappa shape index (κ3) is 2.45. The Morgan fingerprint density at radius 2 is 2.21 bits per heavy atom. The standard InChI is InChI=1S/C10H18N2O2/c13-10(12-6-1-7-14-12)8-9-2-4-11-5-3-9/h9,11H,1-8H2. The molecular weight excluding hydrogens is 180 g/mol. The van der Waals surface area contributed by atoms with Crippen molar-refractivity contribution in [3.05, 3.63) is 0 Å². The maximum atomic E-state index is 11.7. The lowest BCUT2D eigenvalue weighted by Gasteiger charge is -2.23. The van der Waals surface area contributed by atoms with Crippen LogP contribution in [0.15, 0.2) is 0 Å². The lowest BCUT2D eigenvalue weighted by molar-refractivity contribution is -0.169. The third-order valence-corrected chi connectivity index (χ3v) is 2.95. The van der Waals surface area contributed by atoms with E-state index >= 15 is 0 Å². The molecule has 0 atom stereocenters. The molecule has 0 bridgehead atoms. The summed E-state index contributed by atoms with van der Waals surface area (Å²) in [6.07, 6.45) is 3.90. The molecule has 0 aliphatic carbocycles. The minimum absolute atomic E-state index is 0.175. The zero-order chi connectivity index (χ0) is 9.80. The van der Waals surface area contributed by atoms with E-state index in [2.05, 4.69) is 5.32 Å². The molecule has 0 saturated carbocycles. The van der Waals surface area contributed by atoms with Gasteiger partial charge in [0.25, 0.3) is 0 Å². The van der Waals surface area contributed by atoms with E-state index in [4.69, 9.17) is 4.84 Å². The van der Waals surface area contributed by atoms with Gasteiger partial charge in [0, 0.05) is 6.42 Å². The number of nitrogens with one attached hydrogen (secondary N) is 1. The van der Waals surface area contributed by atoms with Crippen molar-refractivity contribution in [2.75, 3.05) is 26.2 Å². The van der Waals surface area contributed by atoms with Crippen molar-refractivity contribution < 1.29 is 9.63 Å². The van der Waals surface area contributed by atoms with Crippen LogP contribution in [0.2, 0.25) is 0 Å². The molecule has 2 aliphatic rings. The second-order valence-electron chi connectivity index (χ2n) is 4.08. The van der Waals surface area contributed by atoms with E-state index in [9.17, 15) is 4.79 Å². The molecule has 2 rings (SSSR count). The van der Waals surface area contributed by atoms with Gasteiger partial charge in [0.05, 0.1) is 13.2 Å². The summed E-state index contributed by atoms with van der Waals surface area (Å²) in [5, 5.41) is 4.85. The fraction of sp³-hybridized carbons (Fsp3) is 0.900. The molecule has 0 unspecified atom stereocenters. The molecule has 0 aromatic heterocycles. The van der Waals surface area contributed by atoms with Gasteiger partial charge in [0.15, 0.2) is 0 Å². The topological polar surface area (TPSA) is 41.6 Å². The average Bonchev–Trinajstić information content (AvgIpc) is 2.72. The molecule has 2 saturated heterocycles. The van der Waals surface area contributed by atoms with Crippen LogP contribution in [0.3, 0.4) is 0 Å². The van der Waals surface area contributed by atoms with Gasteiger partial charge >= 0.3 is 0 Å². The highest BCUT2D eigenvalue weighted by Gasteiger charge is 2.23. The molecule has 4 heteroatoms. The van der Waals surface area contributed by atoms with Crippen LogP contribution in [-0.2, 0) is 9.63 Å². The van der Waals surface area contributed by atoms with Gasteiger partial charge in [0.1, 0.15) is 0 Å². The van der Waals surface area contributed by atoms with E-state index in [1.807, 2.05) is 0 Å². The van der Waals surface area contributed by atoms with Crippen molar-refractivity contribution in [3.8, 4) is 0 Å². The fourth-order valence-corrected chi connectivity index (χ4v) is 2.08. The number of nitrogens with zero attached hydrogens (tertiary/aromatic N) is 1. The number of piperidine rings is 1. The molecule has 0 aromatic carbocycles. The van der Waals surface area contributed by atoms with Crippen LogP contribution >= 0.6 is 0 Å². The zero-order valence-corrected chi connectivity index (χ0v) is 8.50. The molecule has 2 heterocycles. The van der Waals surface area contributed by atoms with Crippen LogP contribution in [0.1, 0.15) is 25.7 Å². The van der Waals surface area contributed by atoms with Crippen LogP contribution in [0.5, 0.6) is 0 Å². The maximum absolute atomic E-state index is 11.7. The Morgan fingerprint density at radius 3 is 2.86 bits per heavy atom. The van der Waals surface area contributed by atoms with Crippen LogP contribution in [-0.4, -0.2) is 37.2 Å². The largest absolute Gasteiger partial charge is 0.317 e. The van der Waals surface area contributed by atoms with Gasteiger partial charge in [0.2, 0.25) is 5.91 Å². The highest BCUT2D eigenvalue weighted by atomic mass is 16.7. The molecule has 2 aliphatic heterocycles. The summed E-state index contributed by atoms with van der Waals surface area (Å²) < 4.78 is 0. The second-order valence-corrected chi connectivity index (χ2v) is 4.08. The lowest BCUT2D eigenvalue weighted by atomic mass is 9.94. The van der Waals surface area contributed by atoms with Crippen LogP contribution in [0.4, 0.5) is 0 Å². The molecular formula is C10H18N2O2. The average molecular weight is 198 g/mol. The van der Waals surface area contributed by atoms with Gasteiger partial charge in [-0.15, -0.1) is 0 Å². The lowest BCUT2D eigenvalue weighted by Crippen LogP contribution is -2.33. The van der Waals surface area contributed by atoms with Gasteiger partial charge in [-0.1, -0.05) is 0 Å². The molecule has 0 aromatic rings. The van der Waals surface area contributed by atoms with Gasteiger partial charge in [-0.3, -0.25) is 9.63 Å². The Hall–Kier alpha value is -0.610. The Kier molecular flexibility index (Phi) is 3.37. The number of hydrogen-bond donors (Lipinski definition) is 1. The first-order valence-electron chi connectivity index (χ1n) is 5.50. The SMILES string of the molecule is O=C(CC1CCNCC1)N1CCCO1. The minimum Gasteiger partial charge on any atom is -0.317 e. The molecule has 1 amide bonds. The van der Waals surface area contributed by atoms with Crippen molar-refractivity contribution in [1.29, 1.82) is 0 Å². The molecule has 2 fully saturated rings. The number of hydrogen-bond acceptors (Lipinski definition) is 3. The Balaban J connectivity index is 1.75. The number of carbonyl (C=O) groups excluding carboxylic acids is 1. The van der Waals surface area contributed by atoms with Crippen molar-refractivity contribution >= 4 is 5.91 Å². The fourth-order valence-electron chi connectivity index (χ4n) is 2.08. The van der Waals surface area contributed by atoms with Gasteiger partial charge in [-0.25, -0.2) is 5.06 Å². The van der Waals surface area contributed by atoms with E-state index in [0.717, 1.165) is 38.9 Å². The normalized spacial score (nSPS) is 24.1. The Morgan fingerprint density at radius 1 is 1.43 bits per heavy atom. The first kappa shape index (κ1) is 9.93. The molecule has 0 spiro atoms. The number of rotatable bonds is 2.